The maximum atomic E-state index is 11.9. The smallest absolute Gasteiger partial charge is 0.410 e. The number of nitrogens with zero attached hydrogens (tertiary/aromatic N) is 1. The van der Waals surface area contributed by atoms with Gasteiger partial charge in [-0.25, -0.2) is 4.79 Å². The fourth-order valence-electron chi connectivity index (χ4n) is 3.68. The molecule has 2 aliphatic heterocycles. The Hall–Kier alpha value is -0.810. The number of hydrogen-bond donors (Lipinski definition) is 1. The molecule has 0 bridgehead atoms. The van der Waals surface area contributed by atoms with Crippen LogP contribution in [0, 0.1) is 5.41 Å². The number of ether oxygens (including phenoxy) is 2. The molecule has 1 spiro atoms. The van der Waals surface area contributed by atoms with Gasteiger partial charge in [-0.1, -0.05) is 0 Å². The van der Waals surface area contributed by atoms with Crippen molar-refractivity contribution in [2.24, 2.45) is 5.41 Å². The summed E-state index contributed by atoms with van der Waals surface area (Å²) in [4.78, 5) is 13.8. The van der Waals surface area contributed by atoms with Crippen LogP contribution in [0.15, 0.2) is 0 Å². The van der Waals surface area contributed by atoms with Gasteiger partial charge in [0, 0.05) is 18.5 Å². The summed E-state index contributed by atoms with van der Waals surface area (Å²) in [6.45, 7) is 9.57. The SMILES string of the molecule is CC(C)(C)OC(=O)N1CC2(CC(OC3CCNCC3)C2)C1. The first-order valence-electron chi connectivity index (χ1n) is 8.19. The number of carbonyl (C=O) groups is 1. The normalized spacial score (nSPS) is 26.3. The van der Waals surface area contributed by atoms with Crippen molar-refractivity contribution >= 4 is 6.09 Å². The molecule has 5 nitrogen and oxygen atoms in total. The molecule has 3 aliphatic rings. The monoisotopic (exact) mass is 296 g/mol. The zero-order valence-corrected chi connectivity index (χ0v) is 13.5. The minimum Gasteiger partial charge on any atom is -0.444 e. The van der Waals surface area contributed by atoms with E-state index in [9.17, 15) is 4.79 Å². The molecule has 0 radical (unpaired) electrons. The lowest BCUT2D eigenvalue weighted by atomic mass is 9.62. The predicted molar refractivity (Wildman–Crippen MR) is 80.2 cm³/mol. The number of likely N-dealkylation sites (tertiary alicyclic amines) is 1. The summed E-state index contributed by atoms with van der Waals surface area (Å²) in [7, 11) is 0. The molecule has 2 heterocycles. The maximum absolute atomic E-state index is 11.9. The van der Waals surface area contributed by atoms with Gasteiger partial charge in [0.2, 0.25) is 0 Å². The van der Waals surface area contributed by atoms with Crippen LogP contribution < -0.4 is 5.32 Å². The Bertz CT molecular complexity index is 385. The van der Waals surface area contributed by atoms with Crippen LogP contribution in [0.1, 0.15) is 46.5 Å². The highest BCUT2D eigenvalue weighted by Gasteiger charge is 2.55. The average molecular weight is 296 g/mol. The molecule has 3 fully saturated rings. The molecular weight excluding hydrogens is 268 g/mol. The number of piperidine rings is 1. The van der Waals surface area contributed by atoms with Crippen LogP contribution in [0.25, 0.3) is 0 Å². The molecule has 1 aliphatic carbocycles. The molecule has 0 aromatic heterocycles. The number of rotatable bonds is 2. The van der Waals surface area contributed by atoms with Crippen LogP contribution in [-0.4, -0.2) is 55.0 Å². The number of hydrogen-bond acceptors (Lipinski definition) is 4. The molecule has 1 saturated carbocycles. The van der Waals surface area contributed by atoms with Gasteiger partial charge in [-0.3, -0.25) is 0 Å². The van der Waals surface area contributed by atoms with E-state index in [1.165, 1.54) is 0 Å². The fraction of sp³-hybridized carbons (Fsp3) is 0.938. The first-order valence-corrected chi connectivity index (χ1v) is 8.19. The lowest BCUT2D eigenvalue weighted by Crippen LogP contribution is -2.66. The Morgan fingerprint density at radius 3 is 2.33 bits per heavy atom. The predicted octanol–water partition coefficient (Wildman–Crippen LogP) is 2.15. The number of nitrogens with one attached hydrogen (secondary N) is 1. The summed E-state index contributed by atoms with van der Waals surface area (Å²) in [5.41, 5.74) is -0.0748. The van der Waals surface area contributed by atoms with Crippen LogP contribution >= 0.6 is 0 Å². The van der Waals surface area contributed by atoms with Crippen molar-refractivity contribution in [1.29, 1.82) is 0 Å². The highest BCUT2D eigenvalue weighted by Crippen LogP contribution is 2.50. The van der Waals surface area contributed by atoms with Gasteiger partial charge in [0.05, 0.1) is 12.2 Å². The summed E-state index contributed by atoms with van der Waals surface area (Å²) >= 11 is 0. The summed E-state index contributed by atoms with van der Waals surface area (Å²) in [6.07, 6.45) is 5.16. The molecule has 1 N–H and O–H groups in total. The van der Waals surface area contributed by atoms with E-state index in [0.717, 1.165) is 51.9 Å². The van der Waals surface area contributed by atoms with Gasteiger partial charge < -0.3 is 19.7 Å². The zero-order valence-electron chi connectivity index (χ0n) is 13.5. The van der Waals surface area contributed by atoms with Gasteiger partial charge in [0.15, 0.2) is 0 Å². The van der Waals surface area contributed by atoms with E-state index in [2.05, 4.69) is 5.32 Å². The topological polar surface area (TPSA) is 50.8 Å². The van der Waals surface area contributed by atoms with Crippen molar-refractivity contribution in [3.8, 4) is 0 Å². The molecule has 3 rings (SSSR count). The van der Waals surface area contributed by atoms with Gasteiger partial charge in [0.25, 0.3) is 0 Å². The van der Waals surface area contributed by atoms with E-state index in [4.69, 9.17) is 9.47 Å². The first-order chi connectivity index (χ1) is 9.85. The summed E-state index contributed by atoms with van der Waals surface area (Å²) in [5.74, 6) is 0. The summed E-state index contributed by atoms with van der Waals surface area (Å²) in [5, 5.41) is 3.36. The van der Waals surface area contributed by atoms with Crippen molar-refractivity contribution in [1.82, 2.24) is 10.2 Å². The molecule has 0 atom stereocenters. The molecule has 1 amide bonds. The van der Waals surface area contributed by atoms with E-state index in [0.29, 0.717) is 17.6 Å². The van der Waals surface area contributed by atoms with Crippen LogP contribution in [0.3, 0.4) is 0 Å². The quantitative estimate of drug-likeness (QED) is 0.848. The zero-order chi connectivity index (χ0) is 15.1. The Morgan fingerprint density at radius 2 is 1.76 bits per heavy atom. The average Bonchev–Trinajstić information content (AvgIpc) is 2.29. The maximum Gasteiger partial charge on any atom is 0.410 e. The minimum absolute atomic E-state index is 0.171. The van der Waals surface area contributed by atoms with Crippen molar-refractivity contribution in [3.63, 3.8) is 0 Å². The third kappa shape index (κ3) is 3.51. The van der Waals surface area contributed by atoms with Gasteiger partial charge in [-0.05, 0) is 59.5 Å². The van der Waals surface area contributed by atoms with Crippen molar-refractivity contribution in [3.05, 3.63) is 0 Å². The lowest BCUT2D eigenvalue weighted by Gasteiger charge is -2.58. The van der Waals surface area contributed by atoms with Gasteiger partial charge in [-0.15, -0.1) is 0 Å². The Balaban J connectivity index is 1.36. The highest BCUT2D eigenvalue weighted by atomic mass is 16.6. The van der Waals surface area contributed by atoms with Gasteiger partial charge >= 0.3 is 6.09 Å². The van der Waals surface area contributed by atoms with Crippen molar-refractivity contribution in [2.45, 2.75) is 64.3 Å². The van der Waals surface area contributed by atoms with Crippen LogP contribution in [0.4, 0.5) is 4.79 Å². The molecule has 0 aromatic rings. The first kappa shape index (κ1) is 15.1. The van der Waals surface area contributed by atoms with E-state index in [-0.39, 0.29) is 6.09 Å². The van der Waals surface area contributed by atoms with Crippen LogP contribution in [0.2, 0.25) is 0 Å². The number of carbonyl (C=O) groups excluding carboxylic acids is 1. The molecular formula is C16H28N2O3. The molecule has 21 heavy (non-hydrogen) atoms. The number of amides is 1. The lowest BCUT2D eigenvalue weighted by molar-refractivity contribution is -0.167. The third-order valence-corrected chi connectivity index (χ3v) is 4.70. The Labute approximate surface area is 127 Å². The molecule has 5 heteroatoms. The van der Waals surface area contributed by atoms with Gasteiger partial charge in [-0.2, -0.15) is 0 Å². The molecule has 2 saturated heterocycles. The third-order valence-electron chi connectivity index (χ3n) is 4.70. The summed E-state index contributed by atoms with van der Waals surface area (Å²) < 4.78 is 11.6. The van der Waals surface area contributed by atoms with E-state index in [1.807, 2.05) is 25.7 Å². The largest absolute Gasteiger partial charge is 0.444 e. The van der Waals surface area contributed by atoms with Crippen molar-refractivity contribution < 1.29 is 14.3 Å². The second-order valence-corrected chi connectivity index (χ2v) is 7.95. The van der Waals surface area contributed by atoms with E-state index < -0.39 is 5.60 Å². The molecule has 0 aromatic carbocycles. The second-order valence-electron chi connectivity index (χ2n) is 7.95. The second kappa shape index (κ2) is 5.43. The highest BCUT2D eigenvalue weighted by molar-refractivity contribution is 5.69. The fourth-order valence-corrected chi connectivity index (χ4v) is 3.68. The Morgan fingerprint density at radius 1 is 1.14 bits per heavy atom. The van der Waals surface area contributed by atoms with Gasteiger partial charge in [0.1, 0.15) is 5.60 Å². The summed E-state index contributed by atoms with van der Waals surface area (Å²) in [6, 6.07) is 0. The van der Waals surface area contributed by atoms with Crippen LogP contribution in [0.5, 0.6) is 0 Å². The molecule has 0 unspecified atom stereocenters. The van der Waals surface area contributed by atoms with Crippen LogP contribution in [-0.2, 0) is 9.47 Å². The Kier molecular flexibility index (Phi) is 3.91. The standard InChI is InChI=1S/C16H28N2O3/c1-15(2,3)21-14(19)18-10-16(11-18)8-13(9-16)20-12-4-6-17-7-5-12/h12-13,17H,4-11H2,1-3H3. The van der Waals surface area contributed by atoms with E-state index >= 15 is 0 Å². The minimum atomic E-state index is -0.403. The van der Waals surface area contributed by atoms with E-state index in [1.54, 1.807) is 0 Å². The molecule has 120 valence electrons. The van der Waals surface area contributed by atoms with Crippen molar-refractivity contribution in [2.75, 3.05) is 26.2 Å².